The molecule has 0 aliphatic heterocycles. The lowest BCUT2D eigenvalue weighted by atomic mass is 9.86. The van der Waals surface area contributed by atoms with Crippen LogP contribution in [-0.2, 0) is 28.7 Å². The zero-order valence-electron chi connectivity index (χ0n) is 17.1. The fourth-order valence-corrected chi connectivity index (χ4v) is 3.60. The number of ether oxygens (including phenoxy) is 2. The lowest BCUT2D eigenvalue weighted by molar-refractivity contribution is 0.0554. The molecule has 0 unspecified atom stereocenters. The predicted octanol–water partition coefficient (Wildman–Crippen LogP) is 5.29. The van der Waals surface area contributed by atoms with Gasteiger partial charge in [0.25, 0.3) is 0 Å². The lowest BCUT2D eigenvalue weighted by Crippen LogP contribution is -2.18. The topological polar surface area (TPSA) is 52.6 Å². The van der Waals surface area contributed by atoms with Gasteiger partial charge >= 0.3 is 11.9 Å². The zero-order valence-corrected chi connectivity index (χ0v) is 17.1. The predicted molar refractivity (Wildman–Crippen MR) is 105 cm³/mol. The summed E-state index contributed by atoms with van der Waals surface area (Å²) in [7, 11) is 2.69. The molecule has 0 heterocycles. The first-order chi connectivity index (χ1) is 12.5. The molecule has 146 valence electrons. The van der Waals surface area contributed by atoms with E-state index in [9.17, 15) is 9.59 Å². The Morgan fingerprint density at radius 1 is 0.808 bits per heavy atom. The van der Waals surface area contributed by atoms with E-state index in [2.05, 4.69) is 13.8 Å². The maximum atomic E-state index is 12.3. The van der Waals surface area contributed by atoms with Gasteiger partial charge < -0.3 is 9.47 Å². The summed E-state index contributed by atoms with van der Waals surface area (Å²) in [5, 5.41) is 0. The van der Waals surface area contributed by atoms with Gasteiger partial charge in [0, 0.05) is 0 Å². The second-order valence-corrected chi connectivity index (χ2v) is 6.62. The van der Waals surface area contributed by atoms with Crippen LogP contribution >= 0.6 is 0 Å². The molecular formula is C22H34O4. The summed E-state index contributed by atoms with van der Waals surface area (Å²) in [6.45, 7) is 6.33. The molecule has 0 saturated carbocycles. The third kappa shape index (κ3) is 5.58. The minimum absolute atomic E-state index is 0.328. The number of benzene rings is 1. The van der Waals surface area contributed by atoms with Crippen LogP contribution in [-0.4, -0.2) is 26.2 Å². The molecule has 0 aliphatic carbocycles. The summed E-state index contributed by atoms with van der Waals surface area (Å²) in [5.41, 5.74) is 3.95. The molecule has 0 bridgehead atoms. The number of carbonyl (C=O) groups excluding carboxylic acids is 2. The SMILES string of the molecule is CCCCCCCCc1cc(C(=O)OC)c(C(=O)OC)c(CC)c1CC. The van der Waals surface area contributed by atoms with Crippen molar-refractivity contribution in [3.8, 4) is 0 Å². The van der Waals surface area contributed by atoms with Crippen LogP contribution < -0.4 is 0 Å². The largest absolute Gasteiger partial charge is 0.465 e. The van der Waals surface area contributed by atoms with Gasteiger partial charge in [-0.3, -0.25) is 0 Å². The molecule has 0 amide bonds. The van der Waals surface area contributed by atoms with Gasteiger partial charge in [0.05, 0.1) is 25.3 Å². The molecule has 0 atom stereocenters. The normalized spacial score (nSPS) is 10.7. The van der Waals surface area contributed by atoms with Crippen LogP contribution in [0.3, 0.4) is 0 Å². The Morgan fingerprint density at radius 3 is 1.92 bits per heavy atom. The third-order valence-corrected chi connectivity index (χ3v) is 4.94. The molecule has 0 spiro atoms. The highest BCUT2D eigenvalue weighted by Gasteiger charge is 2.25. The van der Waals surface area contributed by atoms with Crippen molar-refractivity contribution < 1.29 is 19.1 Å². The molecule has 0 aromatic heterocycles. The van der Waals surface area contributed by atoms with Crippen LogP contribution in [0.2, 0.25) is 0 Å². The van der Waals surface area contributed by atoms with Gasteiger partial charge in [-0.25, -0.2) is 9.59 Å². The molecule has 4 nitrogen and oxygen atoms in total. The second kappa shape index (κ2) is 11.7. The second-order valence-electron chi connectivity index (χ2n) is 6.62. The quantitative estimate of drug-likeness (QED) is 0.396. The summed E-state index contributed by atoms with van der Waals surface area (Å²) in [5.74, 6) is -0.949. The van der Waals surface area contributed by atoms with Crippen molar-refractivity contribution in [3.05, 3.63) is 33.9 Å². The van der Waals surface area contributed by atoms with Gasteiger partial charge in [0.15, 0.2) is 0 Å². The minimum atomic E-state index is -0.480. The van der Waals surface area contributed by atoms with Crippen LogP contribution in [0, 0.1) is 0 Å². The van der Waals surface area contributed by atoms with Crippen LogP contribution in [0.4, 0.5) is 0 Å². The van der Waals surface area contributed by atoms with Crippen molar-refractivity contribution in [3.63, 3.8) is 0 Å². The highest BCUT2D eigenvalue weighted by molar-refractivity contribution is 6.04. The number of esters is 2. The van der Waals surface area contributed by atoms with Crippen LogP contribution in [0.15, 0.2) is 6.07 Å². The van der Waals surface area contributed by atoms with E-state index in [-0.39, 0.29) is 0 Å². The first kappa shape index (κ1) is 22.2. The van der Waals surface area contributed by atoms with Crippen LogP contribution in [0.5, 0.6) is 0 Å². The monoisotopic (exact) mass is 362 g/mol. The van der Waals surface area contributed by atoms with Crippen molar-refractivity contribution in [2.24, 2.45) is 0 Å². The highest BCUT2D eigenvalue weighted by Crippen LogP contribution is 2.28. The van der Waals surface area contributed by atoms with E-state index in [0.717, 1.165) is 30.4 Å². The number of rotatable bonds is 11. The average Bonchev–Trinajstić information content (AvgIpc) is 2.67. The van der Waals surface area contributed by atoms with Gasteiger partial charge in [-0.05, 0) is 48.4 Å². The van der Waals surface area contributed by atoms with Crippen molar-refractivity contribution in [2.45, 2.75) is 78.6 Å². The van der Waals surface area contributed by atoms with Gasteiger partial charge in [0.2, 0.25) is 0 Å². The van der Waals surface area contributed by atoms with Gasteiger partial charge in [-0.2, -0.15) is 0 Å². The highest BCUT2D eigenvalue weighted by atomic mass is 16.5. The van der Waals surface area contributed by atoms with Crippen molar-refractivity contribution in [1.29, 1.82) is 0 Å². The third-order valence-electron chi connectivity index (χ3n) is 4.94. The Labute approximate surface area is 158 Å². The average molecular weight is 363 g/mol. The van der Waals surface area contributed by atoms with Crippen LogP contribution in [0.25, 0.3) is 0 Å². The van der Waals surface area contributed by atoms with Crippen molar-refractivity contribution in [1.82, 2.24) is 0 Å². The summed E-state index contributed by atoms with van der Waals surface area (Å²) in [6, 6.07) is 1.85. The molecule has 1 aromatic carbocycles. The molecule has 0 fully saturated rings. The maximum Gasteiger partial charge on any atom is 0.339 e. The van der Waals surface area contributed by atoms with E-state index in [0.29, 0.717) is 17.5 Å². The molecular weight excluding hydrogens is 328 g/mol. The number of hydrogen-bond donors (Lipinski definition) is 0. The van der Waals surface area contributed by atoms with Gasteiger partial charge in [-0.15, -0.1) is 0 Å². The van der Waals surface area contributed by atoms with Crippen LogP contribution in [0.1, 0.15) is 96.7 Å². The molecule has 26 heavy (non-hydrogen) atoms. The fraction of sp³-hybridized carbons (Fsp3) is 0.636. The van der Waals surface area contributed by atoms with Gasteiger partial charge in [0.1, 0.15) is 0 Å². The van der Waals surface area contributed by atoms with Crippen molar-refractivity contribution >= 4 is 11.9 Å². The number of carbonyl (C=O) groups is 2. The Hall–Kier alpha value is -1.84. The number of methoxy groups -OCH3 is 2. The van der Waals surface area contributed by atoms with Gasteiger partial charge in [-0.1, -0.05) is 52.9 Å². The molecule has 0 radical (unpaired) electrons. The van der Waals surface area contributed by atoms with Crippen molar-refractivity contribution in [2.75, 3.05) is 14.2 Å². The lowest BCUT2D eigenvalue weighted by Gasteiger charge is -2.19. The Balaban J connectivity index is 3.20. The molecule has 0 saturated heterocycles. The van der Waals surface area contributed by atoms with E-state index in [1.54, 1.807) is 0 Å². The molecule has 0 aliphatic rings. The van der Waals surface area contributed by atoms with E-state index >= 15 is 0 Å². The van der Waals surface area contributed by atoms with E-state index in [4.69, 9.17) is 9.47 Å². The summed E-state index contributed by atoms with van der Waals surface area (Å²) in [6.07, 6.45) is 9.80. The summed E-state index contributed by atoms with van der Waals surface area (Å²) in [4.78, 5) is 24.6. The zero-order chi connectivity index (χ0) is 19.5. The smallest absolute Gasteiger partial charge is 0.339 e. The number of unbranched alkanes of at least 4 members (excludes halogenated alkanes) is 5. The maximum absolute atomic E-state index is 12.3. The summed E-state index contributed by atoms with van der Waals surface area (Å²) < 4.78 is 9.87. The first-order valence-electron chi connectivity index (χ1n) is 9.89. The Kier molecular flexibility index (Phi) is 10.0. The minimum Gasteiger partial charge on any atom is -0.465 e. The molecule has 4 heteroatoms. The standard InChI is InChI=1S/C22H34O4/c1-6-9-10-11-12-13-14-16-15-19(21(23)25-4)20(22(24)26-5)18(8-3)17(16)7-2/h15H,6-14H2,1-5H3. The summed E-state index contributed by atoms with van der Waals surface area (Å²) >= 11 is 0. The number of hydrogen-bond acceptors (Lipinski definition) is 4. The molecule has 0 N–H and O–H groups in total. The number of aryl methyl sites for hydroxylation is 1. The first-order valence-corrected chi connectivity index (χ1v) is 9.89. The Morgan fingerprint density at radius 2 is 1.38 bits per heavy atom. The molecule has 1 aromatic rings. The Bertz CT molecular complexity index is 605. The van der Waals surface area contributed by atoms with E-state index in [1.807, 2.05) is 13.0 Å². The van der Waals surface area contributed by atoms with E-state index in [1.165, 1.54) is 51.9 Å². The fourth-order valence-electron chi connectivity index (χ4n) is 3.60. The molecule has 1 rings (SSSR count). The van der Waals surface area contributed by atoms with E-state index < -0.39 is 11.9 Å².